The Kier molecular flexibility index (Phi) is 5.33. The first-order valence-electron chi connectivity index (χ1n) is 9.98. The van der Waals surface area contributed by atoms with Crippen LogP contribution >= 0.6 is 11.6 Å². The monoisotopic (exact) mass is 360 g/mol. The van der Waals surface area contributed by atoms with Crippen LogP contribution < -0.4 is 0 Å². The molecule has 4 heteroatoms. The second-order valence-corrected chi connectivity index (χ2v) is 8.49. The molecule has 136 valence electrons. The van der Waals surface area contributed by atoms with Gasteiger partial charge in [-0.05, 0) is 62.3 Å². The van der Waals surface area contributed by atoms with Gasteiger partial charge in [-0.2, -0.15) is 0 Å². The molecule has 0 N–H and O–H groups in total. The molecule has 3 nitrogen and oxygen atoms in total. The van der Waals surface area contributed by atoms with Crippen molar-refractivity contribution in [3.63, 3.8) is 0 Å². The van der Waals surface area contributed by atoms with Crippen molar-refractivity contribution in [1.82, 2.24) is 9.80 Å². The number of carbonyl (C=O) groups is 1. The number of aryl methyl sites for hydroxylation is 1. The fourth-order valence-corrected chi connectivity index (χ4v) is 5.38. The predicted molar refractivity (Wildman–Crippen MR) is 102 cm³/mol. The van der Waals surface area contributed by atoms with Crippen LogP contribution in [0.2, 0.25) is 5.02 Å². The summed E-state index contributed by atoms with van der Waals surface area (Å²) in [5.41, 5.74) is 1.16. The van der Waals surface area contributed by atoms with E-state index in [0.717, 1.165) is 42.1 Å². The number of fused-ring (bicyclic) bond motifs is 1. The van der Waals surface area contributed by atoms with Gasteiger partial charge in [-0.3, -0.25) is 9.69 Å². The highest BCUT2D eigenvalue weighted by atomic mass is 35.5. The van der Waals surface area contributed by atoms with E-state index in [1.807, 2.05) is 18.2 Å². The molecular weight excluding hydrogens is 332 g/mol. The minimum Gasteiger partial charge on any atom is -0.338 e. The van der Waals surface area contributed by atoms with Gasteiger partial charge in [0.05, 0.1) is 0 Å². The number of halogens is 1. The van der Waals surface area contributed by atoms with Crippen LogP contribution in [0.25, 0.3) is 0 Å². The number of hydrogen-bond acceptors (Lipinski definition) is 2. The second kappa shape index (κ2) is 7.67. The molecule has 3 fully saturated rings. The summed E-state index contributed by atoms with van der Waals surface area (Å²) in [7, 11) is 0. The highest BCUT2D eigenvalue weighted by Gasteiger charge is 2.41. The Morgan fingerprint density at radius 2 is 1.92 bits per heavy atom. The average Bonchev–Trinajstić information content (AvgIpc) is 3.29. The van der Waals surface area contributed by atoms with E-state index in [0.29, 0.717) is 18.4 Å². The van der Waals surface area contributed by atoms with Crippen LogP contribution in [0, 0.1) is 5.92 Å². The number of carbonyl (C=O) groups excluding carboxylic acids is 1. The maximum atomic E-state index is 12.9. The lowest BCUT2D eigenvalue weighted by molar-refractivity contribution is -0.133. The normalized spacial score (nSPS) is 27.6. The SMILES string of the molecule is O=C(CCc1cccc(Cl)c1)N1CCC2CCN(C3CCCC3)CC21. The van der Waals surface area contributed by atoms with Crippen molar-refractivity contribution in [2.24, 2.45) is 5.92 Å². The summed E-state index contributed by atoms with van der Waals surface area (Å²) in [6.45, 7) is 3.32. The van der Waals surface area contributed by atoms with Crippen molar-refractivity contribution in [3.05, 3.63) is 34.9 Å². The second-order valence-electron chi connectivity index (χ2n) is 8.06. The van der Waals surface area contributed by atoms with Crippen LogP contribution in [-0.4, -0.2) is 47.4 Å². The standard InChI is InChI=1S/C21H29ClN2O/c22-18-5-3-4-16(14-18)8-9-21(25)24-13-11-17-10-12-23(15-20(17)24)19-6-1-2-7-19/h3-5,14,17,19-20H,1-2,6-13,15H2. The van der Waals surface area contributed by atoms with Crippen LogP contribution in [0.15, 0.2) is 24.3 Å². The molecule has 25 heavy (non-hydrogen) atoms. The van der Waals surface area contributed by atoms with Gasteiger partial charge in [0.25, 0.3) is 0 Å². The highest BCUT2D eigenvalue weighted by molar-refractivity contribution is 6.30. The molecule has 2 atom stereocenters. The lowest BCUT2D eigenvalue weighted by Gasteiger charge is -2.41. The van der Waals surface area contributed by atoms with E-state index in [1.54, 1.807) is 0 Å². The third-order valence-corrected chi connectivity index (χ3v) is 6.81. The molecule has 4 rings (SSSR count). The fraction of sp³-hybridized carbons (Fsp3) is 0.667. The molecule has 0 bridgehead atoms. The van der Waals surface area contributed by atoms with Gasteiger partial charge < -0.3 is 4.90 Å². The first kappa shape index (κ1) is 17.4. The molecule has 1 saturated carbocycles. The zero-order valence-electron chi connectivity index (χ0n) is 15.0. The molecule has 1 aliphatic carbocycles. The van der Waals surface area contributed by atoms with Gasteiger partial charge in [-0.15, -0.1) is 0 Å². The Labute approximate surface area is 156 Å². The van der Waals surface area contributed by atoms with Crippen molar-refractivity contribution in [1.29, 1.82) is 0 Å². The smallest absolute Gasteiger partial charge is 0.223 e. The first-order valence-corrected chi connectivity index (χ1v) is 10.4. The number of benzene rings is 1. The summed E-state index contributed by atoms with van der Waals surface area (Å²) in [6.07, 6.45) is 9.37. The number of piperidine rings is 1. The quantitative estimate of drug-likeness (QED) is 0.805. The van der Waals surface area contributed by atoms with Crippen LogP contribution in [0.3, 0.4) is 0 Å². The van der Waals surface area contributed by atoms with E-state index in [1.165, 1.54) is 45.1 Å². The number of hydrogen-bond donors (Lipinski definition) is 0. The number of likely N-dealkylation sites (tertiary alicyclic amines) is 2. The number of amides is 1. The molecule has 2 aliphatic heterocycles. The minimum absolute atomic E-state index is 0.334. The van der Waals surface area contributed by atoms with E-state index in [2.05, 4.69) is 15.9 Å². The lowest BCUT2D eigenvalue weighted by atomic mass is 9.91. The Morgan fingerprint density at radius 3 is 2.72 bits per heavy atom. The molecule has 2 saturated heterocycles. The summed E-state index contributed by atoms with van der Waals surface area (Å²) in [5.74, 6) is 1.06. The van der Waals surface area contributed by atoms with Crippen LogP contribution in [0.1, 0.15) is 50.5 Å². The first-order chi connectivity index (χ1) is 12.2. The summed E-state index contributed by atoms with van der Waals surface area (Å²) in [4.78, 5) is 17.8. The van der Waals surface area contributed by atoms with E-state index in [-0.39, 0.29) is 0 Å². The van der Waals surface area contributed by atoms with Gasteiger partial charge in [-0.25, -0.2) is 0 Å². The van der Waals surface area contributed by atoms with Crippen LogP contribution in [0.5, 0.6) is 0 Å². The van der Waals surface area contributed by atoms with Crippen molar-refractivity contribution >= 4 is 17.5 Å². The highest BCUT2D eigenvalue weighted by Crippen LogP contribution is 2.35. The maximum Gasteiger partial charge on any atom is 0.223 e. The molecule has 0 aromatic heterocycles. The Hall–Kier alpha value is -1.06. The maximum absolute atomic E-state index is 12.9. The Balaban J connectivity index is 1.35. The van der Waals surface area contributed by atoms with Crippen molar-refractivity contribution in [3.8, 4) is 0 Å². The van der Waals surface area contributed by atoms with Gasteiger partial charge in [0.1, 0.15) is 0 Å². The predicted octanol–water partition coefficient (Wildman–Crippen LogP) is 4.14. The van der Waals surface area contributed by atoms with E-state index < -0.39 is 0 Å². The molecule has 0 radical (unpaired) electrons. The van der Waals surface area contributed by atoms with E-state index in [4.69, 9.17) is 11.6 Å². The summed E-state index contributed by atoms with van der Waals surface area (Å²) >= 11 is 6.06. The summed E-state index contributed by atoms with van der Waals surface area (Å²) in [5, 5.41) is 0.755. The molecule has 1 amide bonds. The molecule has 0 spiro atoms. The van der Waals surface area contributed by atoms with Gasteiger partial charge in [0.15, 0.2) is 0 Å². The zero-order chi connectivity index (χ0) is 17.2. The molecule has 2 unspecified atom stereocenters. The Morgan fingerprint density at radius 1 is 1.12 bits per heavy atom. The van der Waals surface area contributed by atoms with Crippen molar-refractivity contribution in [2.45, 2.75) is 63.5 Å². The van der Waals surface area contributed by atoms with Gasteiger partial charge >= 0.3 is 0 Å². The lowest BCUT2D eigenvalue weighted by Crippen LogP contribution is -2.52. The Bertz CT molecular complexity index is 614. The molecular formula is C21H29ClN2O. The molecule has 1 aromatic rings. The fourth-order valence-electron chi connectivity index (χ4n) is 5.16. The molecule has 2 heterocycles. The van der Waals surface area contributed by atoms with E-state index >= 15 is 0 Å². The average molecular weight is 361 g/mol. The number of nitrogens with zero attached hydrogens (tertiary/aromatic N) is 2. The van der Waals surface area contributed by atoms with E-state index in [9.17, 15) is 4.79 Å². The summed E-state index contributed by atoms with van der Waals surface area (Å²) < 4.78 is 0. The molecule has 1 aromatic carbocycles. The van der Waals surface area contributed by atoms with Crippen LogP contribution in [0.4, 0.5) is 0 Å². The van der Waals surface area contributed by atoms with Crippen molar-refractivity contribution in [2.75, 3.05) is 19.6 Å². The van der Waals surface area contributed by atoms with Crippen LogP contribution in [-0.2, 0) is 11.2 Å². The third kappa shape index (κ3) is 3.88. The van der Waals surface area contributed by atoms with Gasteiger partial charge in [-0.1, -0.05) is 36.6 Å². The molecule has 3 aliphatic rings. The minimum atomic E-state index is 0.334. The topological polar surface area (TPSA) is 23.6 Å². The van der Waals surface area contributed by atoms with Gasteiger partial charge in [0.2, 0.25) is 5.91 Å². The van der Waals surface area contributed by atoms with Gasteiger partial charge in [0, 0.05) is 36.6 Å². The number of rotatable bonds is 4. The third-order valence-electron chi connectivity index (χ3n) is 6.57. The largest absolute Gasteiger partial charge is 0.338 e. The summed E-state index contributed by atoms with van der Waals surface area (Å²) in [6, 6.07) is 9.14. The van der Waals surface area contributed by atoms with Crippen molar-refractivity contribution < 1.29 is 4.79 Å². The zero-order valence-corrected chi connectivity index (χ0v) is 15.8.